The molecule has 0 radical (unpaired) electrons. The Balaban J connectivity index is 1.21. The molecule has 1 fully saturated rings. The molecule has 164 valence electrons. The first-order valence-corrected chi connectivity index (χ1v) is 11.3. The third-order valence-electron chi connectivity index (χ3n) is 6.27. The molecule has 0 bridgehead atoms. The molecule has 0 aromatic heterocycles. The summed E-state index contributed by atoms with van der Waals surface area (Å²) in [4.78, 5) is 26.7. The van der Waals surface area contributed by atoms with Crippen molar-refractivity contribution < 1.29 is 9.59 Å². The Morgan fingerprint density at radius 3 is 2.65 bits per heavy atom. The van der Waals surface area contributed by atoms with Crippen molar-refractivity contribution in [3.05, 3.63) is 64.7 Å². The first-order chi connectivity index (χ1) is 15.1. The number of urea groups is 2. The van der Waals surface area contributed by atoms with Gasteiger partial charge >= 0.3 is 12.1 Å². The molecule has 1 atom stereocenters. The summed E-state index contributed by atoms with van der Waals surface area (Å²) in [5.41, 5.74) is 5.98. The second-order valence-corrected chi connectivity index (χ2v) is 8.77. The molecule has 2 aliphatic rings. The average molecular weight is 421 g/mol. The molecular formula is C25H32N4O2. The van der Waals surface area contributed by atoms with Crippen molar-refractivity contribution in [1.29, 1.82) is 0 Å². The summed E-state index contributed by atoms with van der Waals surface area (Å²) in [6, 6.07) is 14.1. The summed E-state index contributed by atoms with van der Waals surface area (Å²) in [7, 11) is 0. The van der Waals surface area contributed by atoms with Crippen LogP contribution >= 0.6 is 0 Å². The smallest absolute Gasteiger partial charge is 0.319 e. The predicted octanol–water partition coefficient (Wildman–Crippen LogP) is 4.23. The average Bonchev–Trinajstić information content (AvgIpc) is 3.26. The van der Waals surface area contributed by atoms with Gasteiger partial charge in [-0.1, -0.05) is 35.9 Å². The number of aryl methyl sites for hydroxylation is 3. The van der Waals surface area contributed by atoms with E-state index in [9.17, 15) is 9.59 Å². The Kier molecular flexibility index (Phi) is 6.75. The van der Waals surface area contributed by atoms with E-state index in [1.165, 1.54) is 24.0 Å². The molecule has 31 heavy (non-hydrogen) atoms. The van der Waals surface area contributed by atoms with Gasteiger partial charge in [0.15, 0.2) is 0 Å². The number of hydrogen-bond donors (Lipinski definition) is 3. The molecule has 1 aliphatic carbocycles. The highest BCUT2D eigenvalue weighted by Crippen LogP contribution is 2.23. The summed E-state index contributed by atoms with van der Waals surface area (Å²) in [6.07, 6.45) is 5.53. The van der Waals surface area contributed by atoms with E-state index >= 15 is 0 Å². The molecule has 0 saturated carbocycles. The topological polar surface area (TPSA) is 73.5 Å². The van der Waals surface area contributed by atoms with Crippen molar-refractivity contribution in [2.24, 2.45) is 5.92 Å². The van der Waals surface area contributed by atoms with Gasteiger partial charge in [-0.2, -0.15) is 0 Å². The van der Waals surface area contributed by atoms with E-state index in [1.807, 2.05) is 36.1 Å². The predicted molar refractivity (Wildman–Crippen MR) is 123 cm³/mol. The molecule has 1 unspecified atom stereocenters. The standard InChI is InChI=1S/C25H32N4O2/c1-18-7-11-23(12-8-18)28-24(30)26-16-20-4-3-13-29(17-20)25(31)27-15-19-9-10-21-5-2-6-22(21)14-19/h7-12,14,20H,2-6,13,15-17H2,1H3,(H,27,31)(H2,26,28,30). The lowest BCUT2D eigenvalue weighted by molar-refractivity contribution is 0.164. The number of fused-ring (bicyclic) bond motifs is 1. The van der Waals surface area contributed by atoms with Gasteiger partial charge in [-0.05, 0) is 73.8 Å². The van der Waals surface area contributed by atoms with E-state index < -0.39 is 0 Å². The van der Waals surface area contributed by atoms with Crippen molar-refractivity contribution in [1.82, 2.24) is 15.5 Å². The van der Waals surface area contributed by atoms with Crippen LogP contribution in [-0.2, 0) is 19.4 Å². The van der Waals surface area contributed by atoms with E-state index in [2.05, 4.69) is 34.1 Å². The van der Waals surface area contributed by atoms with Crippen LogP contribution in [0.4, 0.5) is 15.3 Å². The number of carbonyl (C=O) groups excluding carboxylic acids is 2. The fourth-order valence-electron chi connectivity index (χ4n) is 4.49. The summed E-state index contributed by atoms with van der Waals surface area (Å²) in [5, 5.41) is 8.87. The van der Waals surface area contributed by atoms with Gasteiger partial charge in [-0.15, -0.1) is 0 Å². The van der Waals surface area contributed by atoms with E-state index in [0.29, 0.717) is 19.6 Å². The highest BCUT2D eigenvalue weighted by atomic mass is 16.2. The van der Waals surface area contributed by atoms with E-state index in [4.69, 9.17) is 0 Å². The normalized spacial score (nSPS) is 17.7. The van der Waals surface area contributed by atoms with Crippen LogP contribution < -0.4 is 16.0 Å². The Bertz CT molecular complexity index is 926. The molecule has 2 aromatic rings. The number of rotatable bonds is 5. The number of piperidine rings is 1. The maximum Gasteiger partial charge on any atom is 0.319 e. The molecular weight excluding hydrogens is 388 g/mol. The first kappa shape index (κ1) is 21.2. The quantitative estimate of drug-likeness (QED) is 0.677. The van der Waals surface area contributed by atoms with Gasteiger partial charge in [-0.3, -0.25) is 0 Å². The minimum atomic E-state index is -0.206. The maximum absolute atomic E-state index is 12.7. The van der Waals surface area contributed by atoms with Crippen molar-refractivity contribution in [2.75, 3.05) is 25.0 Å². The van der Waals surface area contributed by atoms with Crippen LogP contribution in [0.2, 0.25) is 0 Å². The zero-order valence-electron chi connectivity index (χ0n) is 18.2. The Hall–Kier alpha value is -3.02. The second kappa shape index (κ2) is 9.86. The molecule has 1 saturated heterocycles. The van der Waals surface area contributed by atoms with Gasteiger partial charge in [0, 0.05) is 31.9 Å². The van der Waals surface area contributed by atoms with Crippen LogP contribution in [-0.4, -0.2) is 36.6 Å². The third-order valence-corrected chi connectivity index (χ3v) is 6.27. The lowest BCUT2D eigenvalue weighted by Gasteiger charge is -2.33. The molecule has 6 nitrogen and oxygen atoms in total. The second-order valence-electron chi connectivity index (χ2n) is 8.77. The molecule has 1 heterocycles. The highest BCUT2D eigenvalue weighted by Gasteiger charge is 2.24. The first-order valence-electron chi connectivity index (χ1n) is 11.3. The summed E-state index contributed by atoms with van der Waals surface area (Å²) >= 11 is 0. The number of nitrogens with one attached hydrogen (secondary N) is 3. The fraction of sp³-hybridized carbons (Fsp3) is 0.440. The number of likely N-dealkylation sites (tertiary alicyclic amines) is 1. The van der Waals surface area contributed by atoms with Crippen LogP contribution in [0.25, 0.3) is 0 Å². The number of benzene rings is 2. The minimum absolute atomic E-state index is 0.0192. The molecule has 6 heteroatoms. The van der Waals surface area contributed by atoms with Crippen LogP contribution in [0.1, 0.15) is 41.5 Å². The van der Waals surface area contributed by atoms with Gasteiger partial charge in [0.2, 0.25) is 0 Å². The van der Waals surface area contributed by atoms with Gasteiger partial charge in [-0.25, -0.2) is 9.59 Å². The molecule has 4 rings (SSSR count). The number of amides is 4. The maximum atomic E-state index is 12.7. The number of nitrogens with zero attached hydrogens (tertiary/aromatic N) is 1. The van der Waals surface area contributed by atoms with E-state index in [-0.39, 0.29) is 18.0 Å². The highest BCUT2D eigenvalue weighted by molar-refractivity contribution is 5.89. The fourth-order valence-corrected chi connectivity index (χ4v) is 4.49. The van der Waals surface area contributed by atoms with E-state index in [1.54, 1.807) is 0 Å². The molecule has 2 aromatic carbocycles. The largest absolute Gasteiger partial charge is 0.338 e. The number of anilines is 1. The van der Waals surface area contributed by atoms with Gasteiger partial charge in [0.25, 0.3) is 0 Å². The Morgan fingerprint density at radius 1 is 1.00 bits per heavy atom. The molecule has 3 N–H and O–H groups in total. The summed E-state index contributed by atoms with van der Waals surface area (Å²) in [6.45, 7) is 4.57. The monoisotopic (exact) mass is 420 g/mol. The van der Waals surface area contributed by atoms with Gasteiger partial charge < -0.3 is 20.9 Å². The van der Waals surface area contributed by atoms with Crippen molar-refractivity contribution in [3.8, 4) is 0 Å². The molecule has 4 amide bonds. The van der Waals surface area contributed by atoms with Crippen LogP contribution in [0.3, 0.4) is 0 Å². The van der Waals surface area contributed by atoms with E-state index in [0.717, 1.165) is 42.6 Å². The SMILES string of the molecule is Cc1ccc(NC(=O)NCC2CCCN(C(=O)NCc3ccc4c(c3)CCC4)C2)cc1. The number of carbonyl (C=O) groups is 2. The Morgan fingerprint density at radius 2 is 1.81 bits per heavy atom. The number of hydrogen-bond acceptors (Lipinski definition) is 2. The van der Waals surface area contributed by atoms with Crippen molar-refractivity contribution >= 4 is 17.7 Å². The lowest BCUT2D eigenvalue weighted by atomic mass is 9.98. The lowest BCUT2D eigenvalue weighted by Crippen LogP contribution is -2.47. The van der Waals surface area contributed by atoms with Gasteiger partial charge in [0.05, 0.1) is 0 Å². The third kappa shape index (κ3) is 5.78. The van der Waals surface area contributed by atoms with Gasteiger partial charge in [0.1, 0.15) is 0 Å². The Labute approximate surface area is 184 Å². The molecule has 1 aliphatic heterocycles. The van der Waals surface area contributed by atoms with Crippen LogP contribution in [0, 0.1) is 12.8 Å². The van der Waals surface area contributed by atoms with Crippen LogP contribution in [0.15, 0.2) is 42.5 Å². The molecule has 0 spiro atoms. The minimum Gasteiger partial charge on any atom is -0.338 e. The zero-order chi connectivity index (χ0) is 21.6. The van der Waals surface area contributed by atoms with Crippen molar-refractivity contribution in [3.63, 3.8) is 0 Å². The summed E-state index contributed by atoms with van der Waals surface area (Å²) in [5.74, 6) is 0.267. The van der Waals surface area contributed by atoms with Crippen molar-refractivity contribution in [2.45, 2.75) is 45.6 Å². The summed E-state index contributed by atoms with van der Waals surface area (Å²) < 4.78 is 0. The zero-order valence-corrected chi connectivity index (χ0v) is 18.2. The van der Waals surface area contributed by atoms with Crippen LogP contribution in [0.5, 0.6) is 0 Å².